The van der Waals surface area contributed by atoms with Crippen LogP contribution in [0.15, 0.2) is 78.0 Å². The summed E-state index contributed by atoms with van der Waals surface area (Å²) in [5.41, 5.74) is 2.12. The van der Waals surface area contributed by atoms with E-state index in [1.807, 2.05) is 22.8 Å². The largest absolute Gasteiger partial charge is 0.459 e. The van der Waals surface area contributed by atoms with Crippen LogP contribution in [-0.4, -0.2) is 36.1 Å². The Bertz CT molecular complexity index is 1510. The first-order valence-corrected chi connectivity index (χ1v) is 13.8. The molecule has 1 aromatic heterocycles. The standard InChI is InChI=1S/C27H27Cl2N3O4S/c1-27(2,3)36-26(33)17-32(37(34,35)23-14-20(28)13-21(29)15-23)22-9-10-24-25(16-22)31(18-30-24)12-11-19-7-5-4-6-8-19/h4-10,13-16,18H,11-12,17H2,1-3H3. The van der Waals surface area contributed by atoms with Crippen molar-refractivity contribution in [1.82, 2.24) is 9.55 Å². The van der Waals surface area contributed by atoms with Crippen molar-refractivity contribution in [3.8, 4) is 0 Å². The van der Waals surface area contributed by atoms with Gasteiger partial charge in [-0.3, -0.25) is 9.10 Å². The van der Waals surface area contributed by atoms with Gasteiger partial charge in [-0.2, -0.15) is 0 Å². The zero-order valence-corrected chi connectivity index (χ0v) is 23.0. The molecule has 0 fully saturated rings. The minimum Gasteiger partial charge on any atom is -0.459 e. The lowest BCUT2D eigenvalue weighted by Crippen LogP contribution is -2.39. The predicted octanol–water partition coefficient (Wildman–Crippen LogP) is 6.12. The molecule has 0 saturated carbocycles. The number of halogens is 2. The molecule has 0 bridgehead atoms. The molecule has 0 aliphatic rings. The highest BCUT2D eigenvalue weighted by atomic mass is 35.5. The maximum Gasteiger partial charge on any atom is 0.327 e. The van der Waals surface area contributed by atoms with Gasteiger partial charge in [-0.1, -0.05) is 53.5 Å². The highest BCUT2D eigenvalue weighted by Gasteiger charge is 2.30. The van der Waals surface area contributed by atoms with Crippen LogP contribution >= 0.6 is 23.2 Å². The molecule has 3 aromatic carbocycles. The van der Waals surface area contributed by atoms with E-state index in [0.717, 1.165) is 16.2 Å². The van der Waals surface area contributed by atoms with Gasteiger partial charge in [0.05, 0.1) is 27.9 Å². The molecule has 4 aromatic rings. The number of ether oxygens (including phenoxy) is 1. The molecule has 4 rings (SSSR count). The number of fused-ring (bicyclic) bond motifs is 1. The Morgan fingerprint density at radius 3 is 2.32 bits per heavy atom. The van der Waals surface area contributed by atoms with E-state index in [4.69, 9.17) is 27.9 Å². The lowest BCUT2D eigenvalue weighted by atomic mass is 10.1. The molecule has 0 amide bonds. The van der Waals surface area contributed by atoms with Crippen LogP contribution in [-0.2, 0) is 32.5 Å². The van der Waals surface area contributed by atoms with Crippen LogP contribution in [0, 0.1) is 0 Å². The van der Waals surface area contributed by atoms with Crippen molar-refractivity contribution in [2.45, 2.75) is 44.2 Å². The molecule has 0 unspecified atom stereocenters. The van der Waals surface area contributed by atoms with Crippen LogP contribution in [0.2, 0.25) is 10.0 Å². The quantitative estimate of drug-likeness (QED) is 0.243. The second-order valence-corrected chi connectivity index (χ2v) is 12.3. The maximum atomic E-state index is 13.8. The number of nitrogens with zero attached hydrogens (tertiary/aromatic N) is 3. The van der Waals surface area contributed by atoms with Crippen molar-refractivity contribution in [3.63, 3.8) is 0 Å². The Hall–Kier alpha value is -3.07. The molecule has 37 heavy (non-hydrogen) atoms. The third kappa shape index (κ3) is 6.63. The average molecular weight is 561 g/mol. The lowest BCUT2D eigenvalue weighted by molar-refractivity contribution is -0.152. The maximum absolute atomic E-state index is 13.8. The molecular weight excluding hydrogens is 533 g/mol. The third-order valence-corrected chi connectivity index (χ3v) is 7.68. The van der Waals surface area contributed by atoms with Gasteiger partial charge in [0.15, 0.2) is 0 Å². The van der Waals surface area contributed by atoms with Crippen molar-refractivity contribution in [2.75, 3.05) is 10.8 Å². The van der Waals surface area contributed by atoms with Gasteiger partial charge in [-0.05, 0) is 69.2 Å². The van der Waals surface area contributed by atoms with Gasteiger partial charge < -0.3 is 9.30 Å². The topological polar surface area (TPSA) is 81.5 Å². The average Bonchev–Trinajstić information content (AvgIpc) is 3.22. The zero-order chi connectivity index (χ0) is 26.8. The molecular formula is C27H27Cl2N3O4S. The summed E-state index contributed by atoms with van der Waals surface area (Å²) >= 11 is 12.2. The predicted molar refractivity (Wildman–Crippen MR) is 147 cm³/mol. The monoisotopic (exact) mass is 559 g/mol. The number of aromatic nitrogens is 2. The molecule has 194 valence electrons. The second kappa shape index (κ2) is 10.7. The first kappa shape index (κ1) is 27.0. The summed E-state index contributed by atoms with van der Waals surface area (Å²) in [5.74, 6) is -0.693. The summed E-state index contributed by atoms with van der Waals surface area (Å²) in [5, 5.41) is 0.329. The van der Waals surface area contributed by atoms with Crippen molar-refractivity contribution in [3.05, 3.63) is 88.7 Å². The van der Waals surface area contributed by atoms with Crippen LogP contribution in [0.25, 0.3) is 11.0 Å². The molecule has 0 spiro atoms. The number of anilines is 1. The van der Waals surface area contributed by atoms with Gasteiger partial charge in [-0.15, -0.1) is 0 Å². The van der Waals surface area contributed by atoms with Crippen molar-refractivity contribution < 1.29 is 17.9 Å². The minimum atomic E-state index is -4.24. The van der Waals surface area contributed by atoms with Crippen LogP contribution in [0.1, 0.15) is 26.3 Å². The summed E-state index contributed by atoms with van der Waals surface area (Å²) in [4.78, 5) is 17.1. The number of imidazole rings is 1. The Morgan fingerprint density at radius 1 is 1.00 bits per heavy atom. The number of carbonyl (C=O) groups excluding carboxylic acids is 1. The summed E-state index contributed by atoms with van der Waals surface area (Å²) < 4.78 is 36.0. The normalized spacial score (nSPS) is 12.0. The molecule has 0 radical (unpaired) electrons. The van der Waals surface area contributed by atoms with E-state index in [9.17, 15) is 13.2 Å². The van der Waals surface area contributed by atoms with Gasteiger partial charge in [0.2, 0.25) is 0 Å². The number of aryl methyl sites for hydroxylation is 2. The first-order valence-electron chi connectivity index (χ1n) is 11.6. The van der Waals surface area contributed by atoms with Crippen LogP contribution < -0.4 is 4.31 Å². The van der Waals surface area contributed by atoms with Gasteiger partial charge in [-0.25, -0.2) is 13.4 Å². The second-order valence-electron chi connectivity index (χ2n) is 9.55. The van der Waals surface area contributed by atoms with Crippen molar-refractivity contribution in [2.24, 2.45) is 0 Å². The molecule has 0 aliphatic carbocycles. The first-order chi connectivity index (χ1) is 17.4. The number of esters is 1. The number of carbonyl (C=O) groups is 1. The van der Waals surface area contributed by atoms with Crippen LogP contribution in [0.4, 0.5) is 5.69 Å². The highest BCUT2D eigenvalue weighted by Crippen LogP contribution is 2.30. The Labute approximate surface area is 226 Å². The number of hydrogen-bond acceptors (Lipinski definition) is 5. The molecule has 0 saturated heterocycles. The summed E-state index contributed by atoms with van der Waals surface area (Å²) in [6.45, 7) is 5.27. The number of rotatable bonds is 8. The van der Waals surface area contributed by atoms with E-state index < -0.39 is 28.1 Å². The molecule has 7 nitrogen and oxygen atoms in total. The Balaban J connectivity index is 1.74. The van der Waals surface area contributed by atoms with Gasteiger partial charge in [0.25, 0.3) is 10.0 Å². The number of sulfonamides is 1. The Kier molecular flexibility index (Phi) is 7.83. The lowest BCUT2D eigenvalue weighted by Gasteiger charge is -2.26. The van der Waals surface area contributed by atoms with E-state index in [2.05, 4.69) is 17.1 Å². The van der Waals surface area contributed by atoms with Crippen LogP contribution in [0.3, 0.4) is 0 Å². The SMILES string of the molecule is CC(C)(C)OC(=O)CN(c1ccc2ncn(CCc3ccccc3)c2c1)S(=O)(=O)c1cc(Cl)cc(Cl)c1. The minimum absolute atomic E-state index is 0.133. The van der Waals surface area contributed by atoms with Gasteiger partial charge in [0, 0.05) is 16.6 Å². The third-order valence-electron chi connectivity index (χ3n) is 5.49. The molecule has 10 heteroatoms. The fraction of sp³-hybridized carbons (Fsp3) is 0.259. The zero-order valence-electron chi connectivity index (χ0n) is 20.7. The summed E-state index contributed by atoms with van der Waals surface area (Å²) in [6, 6.07) is 19.1. The molecule has 0 atom stereocenters. The van der Waals surface area contributed by atoms with E-state index in [1.54, 1.807) is 45.3 Å². The number of benzene rings is 3. The van der Waals surface area contributed by atoms with Crippen molar-refractivity contribution in [1.29, 1.82) is 0 Å². The Morgan fingerprint density at radius 2 is 1.68 bits per heavy atom. The van der Waals surface area contributed by atoms with E-state index in [0.29, 0.717) is 12.1 Å². The smallest absolute Gasteiger partial charge is 0.327 e. The molecule has 0 aliphatic heterocycles. The molecule has 1 heterocycles. The van der Waals surface area contributed by atoms with Crippen LogP contribution in [0.5, 0.6) is 0 Å². The van der Waals surface area contributed by atoms with E-state index in [1.165, 1.54) is 23.8 Å². The summed E-state index contributed by atoms with van der Waals surface area (Å²) in [7, 11) is -4.24. The van der Waals surface area contributed by atoms with E-state index >= 15 is 0 Å². The highest BCUT2D eigenvalue weighted by molar-refractivity contribution is 7.92. The molecule has 0 N–H and O–H groups in total. The van der Waals surface area contributed by atoms with Gasteiger partial charge in [0.1, 0.15) is 12.1 Å². The van der Waals surface area contributed by atoms with Gasteiger partial charge >= 0.3 is 5.97 Å². The number of hydrogen-bond donors (Lipinski definition) is 0. The van der Waals surface area contributed by atoms with Crippen molar-refractivity contribution >= 4 is 55.9 Å². The fourth-order valence-corrected chi connectivity index (χ4v) is 6.01. The fourth-order valence-electron chi connectivity index (χ4n) is 3.88. The van der Waals surface area contributed by atoms with E-state index in [-0.39, 0.29) is 20.6 Å². The summed E-state index contributed by atoms with van der Waals surface area (Å²) in [6.07, 6.45) is 2.50.